The fraction of sp³-hybridized carbons (Fsp3) is 0.133. The van der Waals surface area contributed by atoms with Crippen LogP contribution in [0.15, 0.2) is 48.9 Å². The second-order valence-electron chi connectivity index (χ2n) is 4.47. The van der Waals surface area contributed by atoms with Crippen LogP contribution in [0.2, 0.25) is 0 Å². The molecule has 0 saturated carbocycles. The maximum atomic E-state index is 12.0. The number of imidazole rings is 1. The van der Waals surface area contributed by atoms with E-state index in [2.05, 4.69) is 20.3 Å². The molecule has 1 aromatic carbocycles. The molecule has 0 fully saturated rings. The Morgan fingerprint density at radius 3 is 2.95 bits per heavy atom. The van der Waals surface area contributed by atoms with Gasteiger partial charge < -0.3 is 10.3 Å². The molecular weight excluding hydrogens is 252 g/mol. The summed E-state index contributed by atoms with van der Waals surface area (Å²) in [6.45, 7) is 0.551. The number of nitrogens with zero attached hydrogens (tertiary/aromatic N) is 2. The van der Waals surface area contributed by atoms with E-state index in [4.69, 9.17) is 0 Å². The van der Waals surface area contributed by atoms with Crippen molar-refractivity contribution in [3.05, 3.63) is 60.3 Å². The Bertz CT molecular complexity index is 722. The number of hydrogen-bond donors (Lipinski definition) is 2. The molecule has 0 aliphatic heterocycles. The first-order valence-corrected chi connectivity index (χ1v) is 6.44. The zero-order chi connectivity index (χ0) is 13.8. The molecule has 5 nitrogen and oxygen atoms in total. The number of carbonyl (C=O) groups is 1. The van der Waals surface area contributed by atoms with Crippen molar-refractivity contribution in [3.63, 3.8) is 0 Å². The van der Waals surface area contributed by atoms with Crippen molar-refractivity contribution < 1.29 is 4.79 Å². The van der Waals surface area contributed by atoms with E-state index in [0.29, 0.717) is 12.2 Å². The molecule has 1 amide bonds. The van der Waals surface area contributed by atoms with Gasteiger partial charge in [-0.05, 0) is 12.1 Å². The third-order valence-corrected chi connectivity index (χ3v) is 3.07. The lowest BCUT2D eigenvalue weighted by molar-refractivity contribution is 0.0949. The van der Waals surface area contributed by atoms with Crippen molar-refractivity contribution in [1.29, 1.82) is 0 Å². The summed E-state index contributed by atoms with van der Waals surface area (Å²) in [5.74, 6) is -0.157. The predicted octanol–water partition coefficient (Wildman–Crippen LogP) is 1.93. The number of hydrogen-bond acceptors (Lipinski definition) is 3. The standard InChI is InChI=1S/C15H14N4O/c20-15(17-8-7-12-9-16-10-18-12)14-6-5-11-3-1-2-4-13(11)19-14/h1-6,9-10H,7-8H2,(H,16,18)(H,17,20). The fourth-order valence-electron chi connectivity index (χ4n) is 2.02. The van der Waals surface area contributed by atoms with Gasteiger partial charge in [0.05, 0.1) is 11.8 Å². The number of rotatable bonds is 4. The fourth-order valence-corrected chi connectivity index (χ4v) is 2.02. The lowest BCUT2D eigenvalue weighted by Crippen LogP contribution is -2.26. The Hall–Kier alpha value is -2.69. The van der Waals surface area contributed by atoms with Crippen LogP contribution in [-0.2, 0) is 6.42 Å². The number of pyridine rings is 1. The summed E-state index contributed by atoms with van der Waals surface area (Å²) in [7, 11) is 0. The summed E-state index contributed by atoms with van der Waals surface area (Å²) >= 11 is 0. The van der Waals surface area contributed by atoms with Crippen molar-refractivity contribution >= 4 is 16.8 Å². The maximum absolute atomic E-state index is 12.0. The number of para-hydroxylation sites is 1. The van der Waals surface area contributed by atoms with E-state index < -0.39 is 0 Å². The van der Waals surface area contributed by atoms with E-state index in [1.807, 2.05) is 30.3 Å². The number of aromatic nitrogens is 3. The van der Waals surface area contributed by atoms with E-state index in [0.717, 1.165) is 23.0 Å². The van der Waals surface area contributed by atoms with Crippen LogP contribution < -0.4 is 5.32 Å². The monoisotopic (exact) mass is 266 g/mol. The predicted molar refractivity (Wildman–Crippen MR) is 76.4 cm³/mol. The molecule has 0 atom stereocenters. The topological polar surface area (TPSA) is 70.7 Å². The van der Waals surface area contributed by atoms with Crippen molar-refractivity contribution in [2.75, 3.05) is 6.54 Å². The first kappa shape index (κ1) is 12.3. The van der Waals surface area contributed by atoms with Gasteiger partial charge in [0, 0.05) is 30.2 Å². The van der Waals surface area contributed by atoms with E-state index in [-0.39, 0.29) is 5.91 Å². The van der Waals surface area contributed by atoms with E-state index >= 15 is 0 Å². The minimum atomic E-state index is -0.157. The molecule has 0 radical (unpaired) electrons. The van der Waals surface area contributed by atoms with Crippen LogP contribution in [0.3, 0.4) is 0 Å². The molecule has 2 aromatic heterocycles. The highest BCUT2D eigenvalue weighted by Crippen LogP contribution is 2.11. The number of H-pyrrole nitrogens is 1. The minimum Gasteiger partial charge on any atom is -0.350 e. The van der Waals surface area contributed by atoms with Crippen molar-refractivity contribution in [1.82, 2.24) is 20.3 Å². The van der Waals surface area contributed by atoms with Gasteiger partial charge in [-0.2, -0.15) is 0 Å². The highest BCUT2D eigenvalue weighted by molar-refractivity contribution is 5.94. The minimum absolute atomic E-state index is 0.157. The summed E-state index contributed by atoms with van der Waals surface area (Å²) in [6.07, 6.45) is 4.10. The Kier molecular flexibility index (Phi) is 3.41. The number of benzene rings is 1. The summed E-state index contributed by atoms with van der Waals surface area (Å²) in [6, 6.07) is 11.4. The van der Waals surface area contributed by atoms with Crippen molar-refractivity contribution in [2.24, 2.45) is 0 Å². The van der Waals surface area contributed by atoms with Crippen LogP contribution in [0.1, 0.15) is 16.2 Å². The molecule has 0 spiro atoms. The molecule has 5 heteroatoms. The van der Waals surface area contributed by atoms with Gasteiger partial charge in [0.25, 0.3) is 5.91 Å². The Labute approximate surface area is 116 Å². The molecule has 0 unspecified atom stereocenters. The lowest BCUT2D eigenvalue weighted by Gasteiger charge is -2.05. The molecule has 3 aromatic rings. The molecule has 0 aliphatic rings. The summed E-state index contributed by atoms with van der Waals surface area (Å²) < 4.78 is 0. The number of carbonyl (C=O) groups excluding carboxylic acids is 1. The molecule has 0 aliphatic carbocycles. The Balaban J connectivity index is 1.66. The summed E-state index contributed by atoms with van der Waals surface area (Å²) in [5.41, 5.74) is 2.26. The van der Waals surface area contributed by atoms with Crippen LogP contribution in [0.4, 0.5) is 0 Å². The number of nitrogens with one attached hydrogen (secondary N) is 2. The first-order valence-electron chi connectivity index (χ1n) is 6.44. The van der Waals surface area contributed by atoms with Gasteiger partial charge in [-0.1, -0.05) is 24.3 Å². The van der Waals surface area contributed by atoms with Gasteiger partial charge in [0.15, 0.2) is 0 Å². The highest BCUT2D eigenvalue weighted by Gasteiger charge is 2.07. The summed E-state index contributed by atoms with van der Waals surface area (Å²) in [5, 5.41) is 3.88. The normalized spacial score (nSPS) is 10.6. The van der Waals surface area contributed by atoms with E-state index in [9.17, 15) is 4.79 Å². The van der Waals surface area contributed by atoms with Crippen LogP contribution in [0.5, 0.6) is 0 Å². The molecule has 20 heavy (non-hydrogen) atoms. The molecule has 2 heterocycles. The smallest absolute Gasteiger partial charge is 0.269 e. The number of amides is 1. The van der Waals surface area contributed by atoms with Crippen LogP contribution >= 0.6 is 0 Å². The third kappa shape index (κ3) is 2.66. The van der Waals surface area contributed by atoms with E-state index in [1.54, 1.807) is 18.6 Å². The van der Waals surface area contributed by atoms with Gasteiger partial charge in [-0.3, -0.25) is 4.79 Å². The van der Waals surface area contributed by atoms with Gasteiger partial charge >= 0.3 is 0 Å². The Morgan fingerprint density at radius 2 is 2.10 bits per heavy atom. The first-order chi connectivity index (χ1) is 9.83. The average molecular weight is 266 g/mol. The highest BCUT2D eigenvalue weighted by atomic mass is 16.1. The van der Waals surface area contributed by atoms with Gasteiger partial charge in [0.2, 0.25) is 0 Å². The molecular formula is C15H14N4O. The van der Waals surface area contributed by atoms with Crippen LogP contribution in [0.25, 0.3) is 10.9 Å². The number of fused-ring (bicyclic) bond motifs is 1. The second kappa shape index (κ2) is 5.52. The average Bonchev–Trinajstić information content (AvgIpc) is 3.00. The molecule has 0 saturated heterocycles. The molecule has 100 valence electrons. The van der Waals surface area contributed by atoms with Gasteiger partial charge in [-0.15, -0.1) is 0 Å². The molecule has 0 bridgehead atoms. The largest absolute Gasteiger partial charge is 0.350 e. The zero-order valence-electron chi connectivity index (χ0n) is 10.8. The van der Waals surface area contributed by atoms with Crippen molar-refractivity contribution in [2.45, 2.75) is 6.42 Å². The van der Waals surface area contributed by atoms with Crippen molar-refractivity contribution in [3.8, 4) is 0 Å². The number of aromatic amines is 1. The zero-order valence-corrected chi connectivity index (χ0v) is 10.8. The molecule has 3 rings (SSSR count). The SMILES string of the molecule is O=C(NCCc1cnc[nH]1)c1ccc2ccccc2n1. The summed E-state index contributed by atoms with van der Waals surface area (Å²) in [4.78, 5) is 23.3. The third-order valence-electron chi connectivity index (χ3n) is 3.07. The molecule has 2 N–H and O–H groups in total. The van der Waals surface area contributed by atoms with E-state index in [1.165, 1.54) is 0 Å². The Morgan fingerprint density at radius 1 is 1.20 bits per heavy atom. The van der Waals surface area contributed by atoms with Crippen LogP contribution in [0, 0.1) is 0 Å². The van der Waals surface area contributed by atoms with Gasteiger partial charge in [0.1, 0.15) is 5.69 Å². The van der Waals surface area contributed by atoms with Crippen LogP contribution in [-0.4, -0.2) is 27.4 Å². The second-order valence-corrected chi connectivity index (χ2v) is 4.47. The quantitative estimate of drug-likeness (QED) is 0.758. The van der Waals surface area contributed by atoms with Gasteiger partial charge in [-0.25, -0.2) is 9.97 Å². The lowest BCUT2D eigenvalue weighted by atomic mass is 10.2. The maximum Gasteiger partial charge on any atom is 0.269 e.